The van der Waals surface area contributed by atoms with Crippen LogP contribution in [0.3, 0.4) is 0 Å². The molecule has 7 nitrogen and oxygen atoms in total. The van der Waals surface area contributed by atoms with Gasteiger partial charge in [-0.2, -0.15) is 5.10 Å². The smallest absolute Gasteiger partial charge is 0.346 e. The number of pyridine rings is 1. The van der Waals surface area contributed by atoms with Gasteiger partial charge in [0.2, 0.25) is 0 Å². The van der Waals surface area contributed by atoms with E-state index in [1.807, 2.05) is 0 Å². The molecule has 3 rings (SSSR count). The average molecular weight is 393 g/mol. The molecule has 1 N–H and O–H groups in total. The summed E-state index contributed by atoms with van der Waals surface area (Å²) in [6, 6.07) is 13.3. The number of carbonyl (C=O) groups excluding carboxylic acids is 2. The Bertz CT molecular complexity index is 1050. The summed E-state index contributed by atoms with van der Waals surface area (Å²) in [6.07, 6.45) is 4.42. The molecule has 0 atom stereocenters. The summed E-state index contributed by atoms with van der Waals surface area (Å²) in [5.41, 5.74) is 3.22. The van der Waals surface area contributed by atoms with Gasteiger partial charge in [-0.05, 0) is 48.0 Å². The zero-order valence-corrected chi connectivity index (χ0v) is 15.3. The Kier molecular flexibility index (Phi) is 6.26. The zero-order chi connectivity index (χ0) is 20.6. The van der Waals surface area contributed by atoms with Crippen LogP contribution in [0.2, 0.25) is 0 Å². The first-order valence-electron chi connectivity index (χ1n) is 8.46. The number of ether oxygens (including phenoxy) is 2. The molecule has 8 heteroatoms. The maximum absolute atomic E-state index is 13.7. The predicted octanol–water partition coefficient (Wildman–Crippen LogP) is 3.21. The molecule has 1 heterocycles. The van der Waals surface area contributed by atoms with Gasteiger partial charge in [0.1, 0.15) is 5.82 Å². The molecule has 0 saturated heterocycles. The number of hydrazone groups is 1. The first-order valence-corrected chi connectivity index (χ1v) is 8.46. The second-order valence-electron chi connectivity index (χ2n) is 5.71. The Hall–Kier alpha value is -4.07. The number of halogens is 1. The summed E-state index contributed by atoms with van der Waals surface area (Å²) in [4.78, 5) is 27.9. The second kappa shape index (κ2) is 9.23. The number of hydrogen-bond donors (Lipinski definition) is 1. The minimum atomic E-state index is -0.840. The molecule has 1 aromatic heterocycles. The first kappa shape index (κ1) is 19.7. The van der Waals surface area contributed by atoms with Gasteiger partial charge in [0, 0.05) is 18.0 Å². The van der Waals surface area contributed by atoms with Crippen molar-refractivity contribution >= 4 is 18.1 Å². The van der Waals surface area contributed by atoms with Gasteiger partial charge in [-0.3, -0.25) is 9.78 Å². The van der Waals surface area contributed by atoms with Crippen LogP contribution in [0.25, 0.3) is 0 Å². The molecule has 29 heavy (non-hydrogen) atoms. The fourth-order valence-corrected chi connectivity index (χ4v) is 2.36. The molecule has 0 unspecified atom stereocenters. The molecule has 0 aliphatic rings. The summed E-state index contributed by atoms with van der Waals surface area (Å²) in [7, 11) is 1.40. The Balaban J connectivity index is 1.69. The van der Waals surface area contributed by atoms with Crippen molar-refractivity contribution in [2.24, 2.45) is 5.10 Å². The van der Waals surface area contributed by atoms with E-state index in [9.17, 15) is 14.0 Å². The molecule has 3 aromatic rings. The molecule has 0 aliphatic heterocycles. The van der Waals surface area contributed by atoms with E-state index in [4.69, 9.17) is 9.47 Å². The molecule has 0 bridgehead atoms. The quantitative estimate of drug-likeness (QED) is 0.301. The normalized spacial score (nSPS) is 10.6. The lowest BCUT2D eigenvalue weighted by Gasteiger charge is -2.10. The van der Waals surface area contributed by atoms with Crippen molar-refractivity contribution in [3.63, 3.8) is 0 Å². The van der Waals surface area contributed by atoms with Crippen molar-refractivity contribution in [2.75, 3.05) is 7.11 Å². The standard InChI is InChI=1S/C21H16FN3O4/c1-28-19-12-14(13-24-25-20(26)15-8-10-23-11-9-15)6-7-18(19)29-21(27)16-4-2-3-5-17(16)22/h2-13H,1H3,(H,25,26)/b24-13-. The van der Waals surface area contributed by atoms with Gasteiger partial charge in [0.25, 0.3) is 5.91 Å². The highest BCUT2D eigenvalue weighted by atomic mass is 19.1. The maximum Gasteiger partial charge on any atom is 0.346 e. The van der Waals surface area contributed by atoms with Crippen LogP contribution in [0.5, 0.6) is 11.5 Å². The van der Waals surface area contributed by atoms with Crippen LogP contribution in [0, 0.1) is 5.82 Å². The third-order valence-corrected chi connectivity index (χ3v) is 3.81. The summed E-state index contributed by atoms with van der Waals surface area (Å²) in [5.74, 6) is -1.53. The van der Waals surface area contributed by atoms with E-state index < -0.39 is 11.8 Å². The van der Waals surface area contributed by atoms with E-state index in [2.05, 4.69) is 15.5 Å². The number of aromatic nitrogens is 1. The van der Waals surface area contributed by atoms with E-state index in [0.717, 1.165) is 0 Å². The van der Waals surface area contributed by atoms with Crippen LogP contribution in [-0.2, 0) is 0 Å². The number of nitrogens with one attached hydrogen (secondary N) is 1. The van der Waals surface area contributed by atoms with Gasteiger partial charge < -0.3 is 9.47 Å². The summed E-state index contributed by atoms with van der Waals surface area (Å²) in [5, 5.41) is 3.89. The fourth-order valence-electron chi connectivity index (χ4n) is 2.36. The number of carbonyl (C=O) groups is 2. The molecule has 1 amide bonds. The first-order chi connectivity index (χ1) is 14.1. The topological polar surface area (TPSA) is 89.9 Å². The molecule has 0 aliphatic carbocycles. The monoisotopic (exact) mass is 393 g/mol. The number of esters is 1. The Morgan fingerprint density at radius 3 is 2.55 bits per heavy atom. The van der Waals surface area contributed by atoms with E-state index in [1.54, 1.807) is 24.3 Å². The van der Waals surface area contributed by atoms with Gasteiger partial charge in [0.15, 0.2) is 11.5 Å². The molecule has 0 fully saturated rings. The predicted molar refractivity (Wildman–Crippen MR) is 104 cm³/mol. The Morgan fingerprint density at radius 2 is 1.83 bits per heavy atom. The van der Waals surface area contributed by atoms with Crippen molar-refractivity contribution in [3.8, 4) is 11.5 Å². The van der Waals surface area contributed by atoms with Crippen LogP contribution in [0.4, 0.5) is 4.39 Å². The lowest BCUT2D eigenvalue weighted by molar-refractivity contribution is 0.0724. The molecule has 0 saturated carbocycles. The van der Waals surface area contributed by atoms with E-state index >= 15 is 0 Å². The van der Waals surface area contributed by atoms with Crippen LogP contribution in [-0.4, -0.2) is 30.2 Å². The third kappa shape index (κ3) is 5.01. The van der Waals surface area contributed by atoms with Gasteiger partial charge >= 0.3 is 5.97 Å². The van der Waals surface area contributed by atoms with Gasteiger partial charge in [-0.25, -0.2) is 14.6 Å². The van der Waals surface area contributed by atoms with Crippen molar-refractivity contribution in [1.29, 1.82) is 0 Å². The van der Waals surface area contributed by atoms with E-state index in [0.29, 0.717) is 11.1 Å². The molecule has 2 aromatic carbocycles. The SMILES string of the molecule is COc1cc(/C=N\NC(=O)c2ccncc2)ccc1OC(=O)c1ccccc1F. The maximum atomic E-state index is 13.7. The summed E-state index contributed by atoms with van der Waals surface area (Å²) < 4.78 is 24.2. The summed E-state index contributed by atoms with van der Waals surface area (Å²) in [6.45, 7) is 0. The zero-order valence-electron chi connectivity index (χ0n) is 15.3. The number of amides is 1. The van der Waals surface area contributed by atoms with Crippen molar-refractivity contribution in [1.82, 2.24) is 10.4 Å². The number of nitrogens with zero attached hydrogens (tertiary/aromatic N) is 2. The van der Waals surface area contributed by atoms with Crippen molar-refractivity contribution in [2.45, 2.75) is 0 Å². The van der Waals surface area contributed by atoms with Crippen LogP contribution >= 0.6 is 0 Å². The van der Waals surface area contributed by atoms with Crippen LogP contribution in [0.15, 0.2) is 72.1 Å². The molecule has 0 spiro atoms. The molecular weight excluding hydrogens is 377 g/mol. The second-order valence-corrected chi connectivity index (χ2v) is 5.71. The average Bonchev–Trinajstić information content (AvgIpc) is 2.75. The number of hydrogen-bond acceptors (Lipinski definition) is 6. The number of methoxy groups -OCH3 is 1. The number of benzene rings is 2. The minimum Gasteiger partial charge on any atom is -0.493 e. The van der Waals surface area contributed by atoms with Crippen molar-refractivity contribution < 1.29 is 23.5 Å². The fraction of sp³-hybridized carbons (Fsp3) is 0.0476. The lowest BCUT2D eigenvalue weighted by atomic mass is 10.2. The van der Waals surface area contributed by atoms with Gasteiger partial charge in [0.05, 0.1) is 18.9 Å². The van der Waals surface area contributed by atoms with Crippen LogP contribution < -0.4 is 14.9 Å². The highest BCUT2D eigenvalue weighted by Gasteiger charge is 2.16. The Labute approximate surface area is 165 Å². The third-order valence-electron chi connectivity index (χ3n) is 3.81. The van der Waals surface area contributed by atoms with Gasteiger partial charge in [-0.1, -0.05) is 12.1 Å². The van der Waals surface area contributed by atoms with E-state index in [1.165, 1.54) is 56.0 Å². The largest absolute Gasteiger partial charge is 0.493 e. The van der Waals surface area contributed by atoms with E-state index in [-0.39, 0.29) is 23.0 Å². The highest BCUT2D eigenvalue weighted by molar-refractivity contribution is 5.95. The molecular formula is C21H16FN3O4. The molecule has 0 radical (unpaired) electrons. The Morgan fingerprint density at radius 1 is 1.07 bits per heavy atom. The van der Waals surface area contributed by atoms with Gasteiger partial charge in [-0.15, -0.1) is 0 Å². The summed E-state index contributed by atoms with van der Waals surface area (Å²) >= 11 is 0. The number of rotatable bonds is 6. The molecule has 146 valence electrons. The highest BCUT2D eigenvalue weighted by Crippen LogP contribution is 2.28. The minimum absolute atomic E-state index is 0.124. The lowest BCUT2D eigenvalue weighted by Crippen LogP contribution is -2.17. The van der Waals surface area contributed by atoms with Crippen LogP contribution in [0.1, 0.15) is 26.3 Å². The van der Waals surface area contributed by atoms with Crippen molar-refractivity contribution in [3.05, 3.63) is 89.5 Å².